The zero-order valence-corrected chi connectivity index (χ0v) is 13.9. The lowest BCUT2D eigenvalue weighted by Gasteiger charge is -2.12. The van der Waals surface area contributed by atoms with Crippen molar-refractivity contribution in [3.63, 3.8) is 0 Å². The molecule has 0 amide bonds. The van der Waals surface area contributed by atoms with E-state index in [0.717, 1.165) is 5.56 Å². The van der Waals surface area contributed by atoms with E-state index in [1.54, 1.807) is 18.2 Å². The molecule has 0 bridgehead atoms. The second kappa shape index (κ2) is 7.06. The van der Waals surface area contributed by atoms with Gasteiger partial charge in [-0.05, 0) is 30.7 Å². The molecule has 2 rings (SSSR count). The van der Waals surface area contributed by atoms with E-state index in [4.69, 9.17) is 4.74 Å². The summed E-state index contributed by atoms with van der Waals surface area (Å²) in [7, 11) is -3.64. The van der Waals surface area contributed by atoms with Gasteiger partial charge in [0, 0.05) is 11.0 Å². The largest absolute Gasteiger partial charge is 0.492 e. The number of halogens is 1. The predicted molar refractivity (Wildman–Crippen MR) is 85.8 cm³/mol. The lowest BCUT2D eigenvalue weighted by Crippen LogP contribution is -2.24. The van der Waals surface area contributed by atoms with E-state index in [-0.39, 0.29) is 11.4 Å². The van der Waals surface area contributed by atoms with Crippen LogP contribution in [-0.2, 0) is 16.6 Å². The van der Waals surface area contributed by atoms with Gasteiger partial charge in [-0.15, -0.1) is 0 Å². The Balaban J connectivity index is 2.24. The first kappa shape index (κ1) is 16.0. The average Bonchev–Trinajstić information content (AvgIpc) is 2.48. The zero-order valence-electron chi connectivity index (χ0n) is 11.5. The van der Waals surface area contributed by atoms with Crippen LogP contribution in [0.2, 0.25) is 0 Å². The highest BCUT2D eigenvalue weighted by Gasteiger charge is 2.19. The summed E-state index contributed by atoms with van der Waals surface area (Å²) in [6.45, 7) is 2.46. The number of sulfonamides is 1. The Morgan fingerprint density at radius 3 is 2.52 bits per heavy atom. The first-order valence-electron chi connectivity index (χ1n) is 6.49. The summed E-state index contributed by atoms with van der Waals surface area (Å²) in [5.74, 6) is 0.348. The topological polar surface area (TPSA) is 55.4 Å². The van der Waals surface area contributed by atoms with Crippen LogP contribution < -0.4 is 9.46 Å². The van der Waals surface area contributed by atoms with Crippen LogP contribution in [0.5, 0.6) is 5.75 Å². The number of hydrogen-bond acceptors (Lipinski definition) is 3. The first-order valence-corrected chi connectivity index (χ1v) is 8.76. The summed E-state index contributed by atoms with van der Waals surface area (Å²) in [5, 5.41) is 0. The van der Waals surface area contributed by atoms with Crippen LogP contribution in [0.25, 0.3) is 0 Å². The fourth-order valence-corrected chi connectivity index (χ4v) is 3.52. The fourth-order valence-electron chi connectivity index (χ4n) is 1.82. The maximum atomic E-state index is 12.4. The molecule has 0 spiro atoms. The molecule has 2 aromatic carbocycles. The molecule has 0 heterocycles. The minimum absolute atomic E-state index is 0.134. The highest BCUT2D eigenvalue weighted by atomic mass is 79.9. The van der Waals surface area contributed by atoms with E-state index >= 15 is 0 Å². The summed E-state index contributed by atoms with van der Waals surface area (Å²) in [5.41, 5.74) is 0.897. The summed E-state index contributed by atoms with van der Waals surface area (Å²) in [6, 6.07) is 14.3. The van der Waals surface area contributed by atoms with Crippen molar-refractivity contribution in [3.8, 4) is 5.75 Å². The molecule has 0 aromatic heterocycles. The Morgan fingerprint density at radius 1 is 1.14 bits per heavy atom. The molecule has 0 radical (unpaired) electrons. The number of benzene rings is 2. The third-order valence-electron chi connectivity index (χ3n) is 2.80. The maximum absolute atomic E-state index is 12.4. The summed E-state index contributed by atoms with van der Waals surface area (Å²) < 4.78 is 33.5. The van der Waals surface area contributed by atoms with Crippen molar-refractivity contribution < 1.29 is 13.2 Å². The van der Waals surface area contributed by atoms with Crippen LogP contribution in [-0.4, -0.2) is 15.0 Å². The Hall–Kier alpha value is -1.37. The molecule has 0 fully saturated rings. The Morgan fingerprint density at radius 2 is 1.86 bits per heavy atom. The quantitative estimate of drug-likeness (QED) is 0.849. The van der Waals surface area contributed by atoms with E-state index in [1.165, 1.54) is 0 Å². The second-order valence-corrected chi connectivity index (χ2v) is 6.99. The summed E-state index contributed by atoms with van der Waals surface area (Å²) in [4.78, 5) is 0.134. The third-order valence-corrected chi connectivity index (χ3v) is 4.72. The van der Waals surface area contributed by atoms with Gasteiger partial charge in [0.1, 0.15) is 10.6 Å². The van der Waals surface area contributed by atoms with Gasteiger partial charge < -0.3 is 4.74 Å². The second-order valence-electron chi connectivity index (χ2n) is 4.33. The minimum Gasteiger partial charge on any atom is -0.492 e. The average molecular weight is 370 g/mol. The fraction of sp³-hybridized carbons (Fsp3) is 0.200. The van der Waals surface area contributed by atoms with Crippen molar-refractivity contribution >= 4 is 26.0 Å². The lowest BCUT2D eigenvalue weighted by atomic mass is 10.2. The molecule has 6 heteroatoms. The Bertz CT molecular complexity index is 702. The van der Waals surface area contributed by atoms with Gasteiger partial charge in [-0.25, -0.2) is 13.1 Å². The number of rotatable bonds is 6. The zero-order chi connectivity index (χ0) is 15.3. The molecule has 2 aromatic rings. The van der Waals surface area contributed by atoms with Gasteiger partial charge in [-0.1, -0.05) is 46.3 Å². The molecule has 0 aliphatic carbocycles. The van der Waals surface area contributed by atoms with E-state index < -0.39 is 10.0 Å². The Kier molecular flexibility index (Phi) is 5.39. The van der Waals surface area contributed by atoms with Crippen LogP contribution in [0.3, 0.4) is 0 Å². The van der Waals surface area contributed by atoms with Crippen molar-refractivity contribution in [2.24, 2.45) is 0 Å². The smallest absolute Gasteiger partial charge is 0.244 e. The van der Waals surface area contributed by atoms with Gasteiger partial charge in [0.05, 0.1) is 6.61 Å². The van der Waals surface area contributed by atoms with Gasteiger partial charge in [0.15, 0.2) is 0 Å². The number of nitrogens with one attached hydrogen (secondary N) is 1. The predicted octanol–water partition coefficient (Wildman–Crippen LogP) is 3.33. The molecule has 0 aliphatic heterocycles. The van der Waals surface area contributed by atoms with Gasteiger partial charge in [0.25, 0.3) is 0 Å². The molecular weight excluding hydrogens is 354 g/mol. The van der Waals surface area contributed by atoms with E-state index in [1.807, 2.05) is 37.3 Å². The van der Waals surface area contributed by atoms with Gasteiger partial charge in [-0.3, -0.25) is 0 Å². The van der Waals surface area contributed by atoms with Crippen molar-refractivity contribution in [2.45, 2.75) is 18.4 Å². The summed E-state index contributed by atoms with van der Waals surface area (Å²) in [6.07, 6.45) is 0. The van der Waals surface area contributed by atoms with Crippen LogP contribution in [0, 0.1) is 0 Å². The first-order chi connectivity index (χ1) is 10.0. The molecule has 4 nitrogen and oxygen atoms in total. The van der Waals surface area contributed by atoms with Gasteiger partial charge >= 0.3 is 0 Å². The van der Waals surface area contributed by atoms with Gasteiger partial charge in [-0.2, -0.15) is 0 Å². The molecule has 112 valence electrons. The molecule has 0 saturated carbocycles. The highest BCUT2D eigenvalue weighted by molar-refractivity contribution is 9.10. The molecule has 0 atom stereocenters. The number of hydrogen-bond donors (Lipinski definition) is 1. The monoisotopic (exact) mass is 369 g/mol. The normalized spacial score (nSPS) is 11.3. The minimum atomic E-state index is -3.64. The van der Waals surface area contributed by atoms with Crippen LogP contribution in [0.15, 0.2) is 57.9 Å². The highest BCUT2D eigenvalue weighted by Crippen LogP contribution is 2.27. The molecule has 21 heavy (non-hydrogen) atoms. The van der Waals surface area contributed by atoms with Crippen LogP contribution in [0.1, 0.15) is 12.5 Å². The maximum Gasteiger partial charge on any atom is 0.244 e. The molecule has 0 saturated heterocycles. The standard InChI is InChI=1S/C15H16BrNO3S/c1-2-20-14-9-8-13(16)10-15(14)21(18,19)17-11-12-6-4-3-5-7-12/h3-10,17H,2,11H2,1H3. The number of ether oxygens (including phenoxy) is 1. The molecule has 0 aliphatic rings. The summed E-state index contributed by atoms with van der Waals surface area (Å²) >= 11 is 3.29. The SMILES string of the molecule is CCOc1ccc(Br)cc1S(=O)(=O)NCc1ccccc1. The van der Waals surface area contributed by atoms with Crippen LogP contribution >= 0.6 is 15.9 Å². The van der Waals surface area contributed by atoms with E-state index in [0.29, 0.717) is 16.8 Å². The van der Waals surface area contributed by atoms with E-state index in [9.17, 15) is 8.42 Å². The molecular formula is C15H16BrNO3S. The van der Waals surface area contributed by atoms with Crippen LogP contribution in [0.4, 0.5) is 0 Å². The van der Waals surface area contributed by atoms with Crippen molar-refractivity contribution in [2.75, 3.05) is 6.61 Å². The molecule has 1 N–H and O–H groups in total. The van der Waals surface area contributed by atoms with Crippen molar-refractivity contribution in [3.05, 3.63) is 58.6 Å². The van der Waals surface area contributed by atoms with Crippen molar-refractivity contribution in [1.82, 2.24) is 4.72 Å². The van der Waals surface area contributed by atoms with Crippen molar-refractivity contribution in [1.29, 1.82) is 0 Å². The molecule has 0 unspecified atom stereocenters. The lowest BCUT2D eigenvalue weighted by molar-refractivity contribution is 0.331. The van der Waals surface area contributed by atoms with E-state index in [2.05, 4.69) is 20.7 Å². The third kappa shape index (κ3) is 4.30. The van der Waals surface area contributed by atoms with Gasteiger partial charge in [0.2, 0.25) is 10.0 Å². The Labute approximate surface area is 133 Å².